The normalized spacial score (nSPS) is 13.9. The number of hydrogen-bond donors (Lipinski definition) is 1. The van der Waals surface area contributed by atoms with E-state index >= 15 is 0 Å². The van der Waals surface area contributed by atoms with Crippen molar-refractivity contribution in [3.05, 3.63) is 23.5 Å². The van der Waals surface area contributed by atoms with E-state index in [0.717, 1.165) is 5.69 Å². The molecule has 0 unspecified atom stereocenters. The lowest BCUT2D eigenvalue weighted by molar-refractivity contribution is -0.145. The fraction of sp³-hybridized carbons (Fsp3) is 0.625. The Balaban J connectivity index is 2.90. The zero-order valence-corrected chi connectivity index (χ0v) is 13.8. The van der Waals surface area contributed by atoms with Crippen LogP contribution in [0.2, 0.25) is 0 Å². The molecule has 0 radical (unpaired) electrons. The standard InChI is InChI=1S/C16H26N2O3/c1-7-21-14(19)10-16(5,11(2)3)17-15(20)13-8-9-18(6)12(13)4/h8-9,11H,7,10H2,1-6H3,(H,17,20)/t16-/m0/s1. The van der Waals surface area contributed by atoms with Crippen molar-refractivity contribution in [1.82, 2.24) is 9.88 Å². The molecular weight excluding hydrogens is 268 g/mol. The Morgan fingerprint density at radius 2 is 2.05 bits per heavy atom. The van der Waals surface area contributed by atoms with Gasteiger partial charge in [0, 0.05) is 18.9 Å². The van der Waals surface area contributed by atoms with Gasteiger partial charge in [0.2, 0.25) is 0 Å². The van der Waals surface area contributed by atoms with Gasteiger partial charge in [-0.05, 0) is 32.8 Å². The first-order chi connectivity index (χ1) is 9.71. The highest BCUT2D eigenvalue weighted by Gasteiger charge is 2.34. The van der Waals surface area contributed by atoms with E-state index in [9.17, 15) is 9.59 Å². The van der Waals surface area contributed by atoms with Crippen LogP contribution < -0.4 is 5.32 Å². The van der Waals surface area contributed by atoms with E-state index < -0.39 is 5.54 Å². The summed E-state index contributed by atoms with van der Waals surface area (Å²) in [4.78, 5) is 24.2. The molecule has 1 rings (SSSR count). The number of esters is 1. The molecule has 0 bridgehead atoms. The quantitative estimate of drug-likeness (QED) is 0.820. The zero-order valence-electron chi connectivity index (χ0n) is 13.8. The smallest absolute Gasteiger partial charge is 0.308 e. The number of aromatic nitrogens is 1. The van der Waals surface area contributed by atoms with E-state index in [1.807, 2.05) is 45.5 Å². The van der Waals surface area contributed by atoms with E-state index in [4.69, 9.17) is 4.74 Å². The molecule has 1 N–H and O–H groups in total. The van der Waals surface area contributed by atoms with Gasteiger partial charge in [-0.1, -0.05) is 13.8 Å². The highest BCUT2D eigenvalue weighted by Crippen LogP contribution is 2.23. The van der Waals surface area contributed by atoms with Crippen molar-refractivity contribution in [2.45, 2.75) is 46.6 Å². The van der Waals surface area contributed by atoms with Crippen molar-refractivity contribution in [3.8, 4) is 0 Å². The maximum atomic E-state index is 12.5. The van der Waals surface area contributed by atoms with Crippen LogP contribution in [0.15, 0.2) is 12.3 Å². The SMILES string of the molecule is CCOC(=O)C[C@](C)(NC(=O)c1ccn(C)c1C)C(C)C. The number of nitrogens with zero attached hydrogens (tertiary/aromatic N) is 1. The van der Waals surface area contributed by atoms with Gasteiger partial charge in [-0.25, -0.2) is 0 Å². The number of carbonyl (C=O) groups excluding carboxylic acids is 2. The van der Waals surface area contributed by atoms with E-state index in [2.05, 4.69) is 5.32 Å². The van der Waals surface area contributed by atoms with Gasteiger partial charge in [-0.2, -0.15) is 0 Å². The molecule has 0 saturated carbocycles. The minimum atomic E-state index is -0.633. The number of ether oxygens (including phenoxy) is 1. The Hall–Kier alpha value is -1.78. The van der Waals surface area contributed by atoms with Crippen LogP contribution in [0, 0.1) is 12.8 Å². The van der Waals surface area contributed by atoms with Gasteiger partial charge in [-0.3, -0.25) is 9.59 Å². The van der Waals surface area contributed by atoms with Crippen LogP contribution in [0.25, 0.3) is 0 Å². The van der Waals surface area contributed by atoms with Crippen molar-refractivity contribution in [3.63, 3.8) is 0 Å². The Labute approximate surface area is 126 Å². The summed E-state index contributed by atoms with van der Waals surface area (Å²) in [5.74, 6) is -0.345. The van der Waals surface area contributed by atoms with Crippen molar-refractivity contribution < 1.29 is 14.3 Å². The molecule has 1 aromatic rings. The number of rotatable bonds is 6. The van der Waals surface area contributed by atoms with Crippen LogP contribution >= 0.6 is 0 Å². The van der Waals surface area contributed by atoms with E-state index in [-0.39, 0.29) is 24.2 Å². The Morgan fingerprint density at radius 3 is 2.48 bits per heavy atom. The Kier molecular flexibility index (Phi) is 5.58. The molecule has 0 aliphatic rings. The van der Waals surface area contributed by atoms with Crippen molar-refractivity contribution >= 4 is 11.9 Å². The molecule has 0 saturated heterocycles. The first kappa shape index (κ1) is 17.3. The second-order valence-electron chi connectivity index (χ2n) is 5.93. The van der Waals surface area contributed by atoms with Gasteiger partial charge in [0.25, 0.3) is 5.91 Å². The first-order valence-electron chi connectivity index (χ1n) is 7.31. The molecule has 5 heteroatoms. The molecule has 0 fully saturated rings. The summed E-state index contributed by atoms with van der Waals surface area (Å²) in [7, 11) is 1.90. The summed E-state index contributed by atoms with van der Waals surface area (Å²) in [6.07, 6.45) is 2.01. The molecule has 0 aliphatic heterocycles. The van der Waals surface area contributed by atoms with Crippen LogP contribution in [-0.2, 0) is 16.6 Å². The van der Waals surface area contributed by atoms with Crippen LogP contribution in [0.3, 0.4) is 0 Å². The third kappa shape index (κ3) is 4.09. The van der Waals surface area contributed by atoms with Gasteiger partial charge < -0.3 is 14.6 Å². The lowest BCUT2D eigenvalue weighted by atomic mass is 9.85. The molecule has 1 amide bonds. The molecule has 21 heavy (non-hydrogen) atoms. The molecule has 118 valence electrons. The number of hydrogen-bond acceptors (Lipinski definition) is 3. The van der Waals surface area contributed by atoms with Crippen molar-refractivity contribution in [1.29, 1.82) is 0 Å². The summed E-state index contributed by atoms with van der Waals surface area (Å²) in [5.41, 5.74) is 0.897. The average Bonchev–Trinajstić information content (AvgIpc) is 2.69. The minimum absolute atomic E-state index is 0.106. The number of amides is 1. The number of carbonyl (C=O) groups is 2. The average molecular weight is 294 g/mol. The molecule has 0 spiro atoms. The maximum Gasteiger partial charge on any atom is 0.308 e. The maximum absolute atomic E-state index is 12.5. The summed E-state index contributed by atoms with van der Waals surface area (Å²) in [5, 5.41) is 3.00. The second-order valence-corrected chi connectivity index (χ2v) is 5.93. The van der Waals surface area contributed by atoms with Crippen molar-refractivity contribution in [2.75, 3.05) is 6.61 Å². The molecule has 0 aromatic carbocycles. The molecular formula is C16H26N2O3. The Morgan fingerprint density at radius 1 is 1.43 bits per heavy atom. The van der Waals surface area contributed by atoms with Gasteiger partial charge in [0.15, 0.2) is 0 Å². The van der Waals surface area contributed by atoms with Gasteiger partial charge in [0.05, 0.1) is 24.1 Å². The van der Waals surface area contributed by atoms with E-state index in [1.54, 1.807) is 13.0 Å². The number of aryl methyl sites for hydroxylation is 1. The third-order valence-electron chi connectivity index (χ3n) is 4.12. The third-order valence-corrected chi connectivity index (χ3v) is 4.12. The lowest BCUT2D eigenvalue weighted by Crippen LogP contribution is -2.51. The molecule has 0 aliphatic carbocycles. The van der Waals surface area contributed by atoms with Gasteiger partial charge >= 0.3 is 5.97 Å². The highest BCUT2D eigenvalue weighted by atomic mass is 16.5. The summed E-state index contributed by atoms with van der Waals surface area (Å²) in [6.45, 7) is 9.86. The number of nitrogens with one attached hydrogen (secondary N) is 1. The van der Waals surface area contributed by atoms with Crippen LogP contribution in [0.5, 0.6) is 0 Å². The predicted molar refractivity (Wildman–Crippen MR) is 82.1 cm³/mol. The van der Waals surface area contributed by atoms with E-state index in [1.165, 1.54) is 0 Å². The summed E-state index contributed by atoms with van der Waals surface area (Å²) < 4.78 is 6.90. The lowest BCUT2D eigenvalue weighted by Gasteiger charge is -2.34. The largest absolute Gasteiger partial charge is 0.466 e. The fourth-order valence-corrected chi connectivity index (χ4v) is 2.08. The van der Waals surface area contributed by atoms with Crippen LogP contribution in [-0.4, -0.2) is 28.6 Å². The summed E-state index contributed by atoms with van der Waals surface area (Å²) in [6, 6.07) is 1.79. The van der Waals surface area contributed by atoms with Gasteiger partial charge in [0.1, 0.15) is 0 Å². The van der Waals surface area contributed by atoms with Gasteiger partial charge in [-0.15, -0.1) is 0 Å². The second kappa shape index (κ2) is 6.78. The topological polar surface area (TPSA) is 60.3 Å². The Bertz CT molecular complexity index is 520. The van der Waals surface area contributed by atoms with Crippen LogP contribution in [0.4, 0.5) is 0 Å². The molecule has 5 nitrogen and oxygen atoms in total. The van der Waals surface area contributed by atoms with E-state index in [0.29, 0.717) is 12.2 Å². The molecule has 1 heterocycles. The summed E-state index contributed by atoms with van der Waals surface area (Å²) >= 11 is 0. The first-order valence-corrected chi connectivity index (χ1v) is 7.31. The monoisotopic (exact) mass is 294 g/mol. The zero-order chi connectivity index (χ0) is 16.2. The predicted octanol–water partition coefficient (Wildman–Crippen LogP) is 2.43. The van der Waals surface area contributed by atoms with Crippen molar-refractivity contribution in [2.24, 2.45) is 13.0 Å². The fourth-order valence-electron chi connectivity index (χ4n) is 2.08. The molecule has 1 aromatic heterocycles. The van der Waals surface area contributed by atoms with Crippen LogP contribution in [0.1, 0.15) is 50.2 Å². The molecule has 1 atom stereocenters. The minimum Gasteiger partial charge on any atom is -0.466 e. The highest BCUT2D eigenvalue weighted by molar-refractivity contribution is 5.96.